The maximum atomic E-state index is 11.1. The predicted molar refractivity (Wildman–Crippen MR) is 145 cm³/mol. The molecule has 4 atom stereocenters. The number of benzene rings is 1. The number of nitrogens with zero attached hydrogens (tertiary/aromatic N) is 1. The molecule has 1 aliphatic heterocycles. The molecule has 3 nitrogen and oxygen atoms in total. The summed E-state index contributed by atoms with van der Waals surface area (Å²) in [5.74, 6) is 2.03. The van der Waals surface area contributed by atoms with Crippen molar-refractivity contribution in [1.29, 1.82) is 0 Å². The second kappa shape index (κ2) is 11.5. The molecule has 4 aliphatic rings. The second-order valence-electron chi connectivity index (χ2n) is 12.7. The van der Waals surface area contributed by atoms with Crippen LogP contribution in [-0.4, -0.2) is 34.2 Å². The van der Waals surface area contributed by atoms with Crippen molar-refractivity contribution in [3.63, 3.8) is 0 Å². The van der Waals surface area contributed by atoms with Gasteiger partial charge in [-0.15, -0.1) is 0 Å². The molecule has 0 spiro atoms. The lowest BCUT2D eigenvalue weighted by molar-refractivity contribution is -0.0241. The molecule has 5 rings (SSSR count). The van der Waals surface area contributed by atoms with Gasteiger partial charge in [0.25, 0.3) is 0 Å². The molecule has 1 heterocycles. The monoisotopic (exact) mass is 481 g/mol. The number of phenolic OH excluding ortho intramolecular Hbond substituents is 1. The van der Waals surface area contributed by atoms with Gasteiger partial charge >= 0.3 is 0 Å². The molecule has 1 saturated heterocycles. The highest BCUT2D eigenvalue weighted by molar-refractivity contribution is 5.50. The van der Waals surface area contributed by atoms with E-state index in [2.05, 4.69) is 24.0 Å². The van der Waals surface area contributed by atoms with Crippen LogP contribution in [0.15, 0.2) is 12.1 Å². The molecule has 3 heteroatoms. The van der Waals surface area contributed by atoms with E-state index in [0.717, 1.165) is 36.7 Å². The minimum atomic E-state index is -0.534. The maximum absolute atomic E-state index is 11.1. The Morgan fingerprint density at radius 1 is 0.943 bits per heavy atom. The number of fused-ring (bicyclic) bond motifs is 1. The van der Waals surface area contributed by atoms with Crippen molar-refractivity contribution in [2.75, 3.05) is 13.1 Å². The molecule has 3 fully saturated rings. The molecule has 1 aromatic carbocycles. The van der Waals surface area contributed by atoms with Gasteiger partial charge in [0, 0.05) is 23.6 Å². The van der Waals surface area contributed by atoms with Crippen LogP contribution in [0.1, 0.15) is 139 Å². The lowest BCUT2D eigenvalue weighted by Crippen LogP contribution is -2.61. The first-order chi connectivity index (χ1) is 17.1. The summed E-state index contributed by atoms with van der Waals surface area (Å²) in [6.07, 6.45) is 22.5. The fraction of sp³-hybridized carbons (Fsp3) is 0.812. The van der Waals surface area contributed by atoms with Crippen LogP contribution < -0.4 is 0 Å². The maximum Gasteiger partial charge on any atom is 0.121 e. The Labute approximate surface area is 214 Å². The third-order valence-electron chi connectivity index (χ3n) is 10.5. The molecule has 2 bridgehead atoms. The Hall–Kier alpha value is -1.06. The molecule has 1 aromatic rings. The number of hydrogen-bond acceptors (Lipinski definition) is 3. The SMILES string of the molecule is CCCCCCCCCCC(O)c1cc2c(cc1O)[C@@]13CCCC[C@H]1[C@@H](C2)N(CC1CCC1)CC3. The number of likely N-dealkylation sites (tertiary alicyclic amines) is 1. The number of aromatic hydroxyl groups is 1. The van der Waals surface area contributed by atoms with Gasteiger partial charge in [-0.1, -0.05) is 77.6 Å². The van der Waals surface area contributed by atoms with E-state index in [1.165, 1.54) is 121 Å². The Balaban J connectivity index is 1.26. The number of rotatable bonds is 12. The summed E-state index contributed by atoms with van der Waals surface area (Å²) < 4.78 is 0. The van der Waals surface area contributed by atoms with Gasteiger partial charge in [-0.25, -0.2) is 0 Å². The van der Waals surface area contributed by atoms with Gasteiger partial charge in [-0.2, -0.15) is 0 Å². The summed E-state index contributed by atoms with van der Waals surface area (Å²) in [6.45, 7) is 4.81. The molecule has 0 radical (unpaired) electrons. The van der Waals surface area contributed by atoms with Crippen LogP contribution in [0.5, 0.6) is 5.75 Å². The summed E-state index contributed by atoms with van der Waals surface area (Å²) in [4.78, 5) is 2.87. The lowest BCUT2D eigenvalue weighted by Gasteiger charge is -2.59. The van der Waals surface area contributed by atoms with Crippen LogP contribution in [0, 0.1) is 11.8 Å². The first-order valence-electron chi connectivity index (χ1n) is 15.4. The molecule has 196 valence electrons. The normalized spacial score (nSPS) is 29.3. The zero-order chi connectivity index (χ0) is 24.3. The number of phenols is 1. The average molecular weight is 482 g/mol. The summed E-state index contributed by atoms with van der Waals surface area (Å²) in [6, 6.07) is 5.00. The summed E-state index contributed by atoms with van der Waals surface area (Å²) in [7, 11) is 0. The Morgan fingerprint density at radius 3 is 2.46 bits per heavy atom. The fourth-order valence-corrected chi connectivity index (χ4v) is 8.28. The molecule has 35 heavy (non-hydrogen) atoms. The van der Waals surface area contributed by atoms with Gasteiger partial charge in [-0.3, -0.25) is 4.90 Å². The molecule has 2 N–H and O–H groups in total. The molecule has 0 amide bonds. The summed E-state index contributed by atoms with van der Waals surface area (Å²) in [5, 5.41) is 22.1. The summed E-state index contributed by atoms with van der Waals surface area (Å²) in [5.41, 5.74) is 3.95. The first kappa shape index (κ1) is 25.6. The number of piperidine rings is 1. The smallest absolute Gasteiger partial charge is 0.121 e. The van der Waals surface area contributed by atoms with E-state index >= 15 is 0 Å². The van der Waals surface area contributed by atoms with Crippen LogP contribution in [0.4, 0.5) is 0 Å². The fourth-order valence-electron chi connectivity index (χ4n) is 8.28. The number of aliphatic hydroxyl groups is 1. The topological polar surface area (TPSA) is 43.7 Å². The largest absolute Gasteiger partial charge is 0.508 e. The molecular weight excluding hydrogens is 430 g/mol. The highest BCUT2D eigenvalue weighted by Crippen LogP contribution is 2.57. The first-order valence-corrected chi connectivity index (χ1v) is 15.4. The molecule has 1 unspecified atom stereocenters. The van der Waals surface area contributed by atoms with Crippen molar-refractivity contribution < 1.29 is 10.2 Å². The summed E-state index contributed by atoms with van der Waals surface area (Å²) >= 11 is 0. The van der Waals surface area contributed by atoms with Crippen molar-refractivity contribution in [2.24, 2.45) is 11.8 Å². The zero-order valence-electron chi connectivity index (χ0n) is 22.4. The van der Waals surface area contributed by atoms with Crippen LogP contribution >= 0.6 is 0 Å². The van der Waals surface area contributed by atoms with Crippen LogP contribution in [0.2, 0.25) is 0 Å². The van der Waals surface area contributed by atoms with Crippen molar-refractivity contribution in [2.45, 2.75) is 140 Å². The predicted octanol–water partition coefficient (Wildman–Crippen LogP) is 7.81. The highest BCUT2D eigenvalue weighted by atomic mass is 16.3. The molecule has 0 aromatic heterocycles. The van der Waals surface area contributed by atoms with Crippen molar-refractivity contribution in [1.82, 2.24) is 4.90 Å². The third-order valence-corrected chi connectivity index (χ3v) is 10.5. The number of unbranched alkanes of at least 4 members (excludes halogenated alkanes) is 7. The molecular formula is C32H51NO2. The van der Waals surface area contributed by atoms with Crippen LogP contribution in [-0.2, 0) is 11.8 Å². The van der Waals surface area contributed by atoms with E-state index in [0.29, 0.717) is 11.8 Å². The number of hydrogen-bond donors (Lipinski definition) is 2. The number of aliphatic hydroxyl groups excluding tert-OH is 1. The van der Waals surface area contributed by atoms with Crippen LogP contribution in [0.25, 0.3) is 0 Å². The minimum Gasteiger partial charge on any atom is -0.508 e. The van der Waals surface area contributed by atoms with Gasteiger partial charge in [0.1, 0.15) is 5.75 Å². The average Bonchev–Trinajstić information content (AvgIpc) is 2.84. The van der Waals surface area contributed by atoms with Gasteiger partial charge in [0.2, 0.25) is 0 Å². The van der Waals surface area contributed by atoms with E-state index in [1.807, 2.05) is 0 Å². The van der Waals surface area contributed by atoms with Gasteiger partial charge in [0.15, 0.2) is 0 Å². The second-order valence-corrected chi connectivity index (χ2v) is 12.7. The molecule has 2 saturated carbocycles. The van der Waals surface area contributed by atoms with Crippen molar-refractivity contribution in [3.05, 3.63) is 28.8 Å². The van der Waals surface area contributed by atoms with Gasteiger partial charge in [-0.05, 0) is 86.6 Å². The van der Waals surface area contributed by atoms with Crippen molar-refractivity contribution in [3.8, 4) is 5.75 Å². The lowest BCUT2D eigenvalue weighted by atomic mass is 9.52. The van der Waals surface area contributed by atoms with E-state index < -0.39 is 6.10 Å². The minimum absolute atomic E-state index is 0.269. The molecule has 3 aliphatic carbocycles. The Kier molecular flexibility index (Phi) is 8.44. The zero-order valence-corrected chi connectivity index (χ0v) is 22.4. The quantitative estimate of drug-likeness (QED) is 0.299. The standard InChI is InChI=1S/C32H51NO2/c1-2-3-4-5-6-7-8-9-16-30(34)26-20-25-21-29-27-15-10-11-17-32(27,28(25)22-31(26)35)18-19-33(29)23-24-13-12-14-24/h20,22,24,27,29-30,34-35H,2-19,21,23H2,1H3/t27-,29+,30?,32+/m0/s1. The van der Waals surface area contributed by atoms with Gasteiger partial charge in [0.05, 0.1) is 6.10 Å². The van der Waals surface area contributed by atoms with E-state index in [1.54, 1.807) is 0 Å². The van der Waals surface area contributed by atoms with Crippen LogP contribution in [0.3, 0.4) is 0 Å². The van der Waals surface area contributed by atoms with E-state index in [4.69, 9.17) is 0 Å². The Bertz CT molecular complexity index is 833. The Morgan fingerprint density at radius 2 is 1.71 bits per heavy atom. The third kappa shape index (κ3) is 5.33. The van der Waals surface area contributed by atoms with Gasteiger partial charge < -0.3 is 10.2 Å². The van der Waals surface area contributed by atoms with E-state index in [9.17, 15) is 10.2 Å². The van der Waals surface area contributed by atoms with Crippen molar-refractivity contribution >= 4 is 0 Å². The highest BCUT2D eigenvalue weighted by Gasteiger charge is 2.54. The van der Waals surface area contributed by atoms with E-state index in [-0.39, 0.29) is 5.41 Å².